The van der Waals surface area contributed by atoms with Gasteiger partial charge in [-0.05, 0) is 0 Å². The van der Waals surface area contributed by atoms with Crippen LogP contribution in [0.5, 0.6) is 0 Å². The number of carbonyl (C=O) groups excluding carboxylic acids is 1. The molecular formula is C8H12N4O3S. The molecule has 0 radical (unpaired) electrons. The van der Waals surface area contributed by atoms with Gasteiger partial charge in [0, 0.05) is 25.1 Å². The van der Waals surface area contributed by atoms with Crippen molar-refractivity contribution in [3.05, 3.63) is 12.4 Å². The maximum atomic E-state index is 11.6. The van der Waals surface area contributed by atoms with Crippen LogP contribution in [0.2, 0.25) is 0 Å². The summed E-state index contributed by atoms with van der Waals surface area (Å²) in [5.74, 6) is -0.500. The Morgan fingerprint density at radius 3 is 2.94 bits per heavy atom. The molecule has 1 atom stereocenters. The van der Waals surface area contributed by atoms with Crippen LogP contribution >= 0.6 is 0 Å². The lowest BCUT2D eigenvalue weighted by atomic mass is 10.1. The number of nitrogens with one attached hydrogen (secondary N) is 1. The molecule has 1 aliphatic heterocycles. The third-order valence-electron chi connectivity index (χ3n) is 2.47. The summed E-state index contributed by atoms with van der Waals surface area (Å²) in [6, 6.07) is 0. The first-order valence-corrected chi connectivity index (χ1v) is 6.47. The topological polar surface area (TPSA) is 109 Å². The first-order chi connectivity index (χ1) is 7.46. The number of aromatic amines is 1. The van der Waals surface area contributed by atoms with Crippen molar-refractivity contribution in [3.8, 4) is 0 Å². The second-order valence-electron chi connectivity index (χ2n) is 3.86. The molecular weight excluding hydrogens is 232 g/mol. The van der Waals surface area contributed by atoms with Gasteiger partial charge >= 0.3 is 0 Å². The number of primary sulfonamides is 1. The molecule has 1 aromatic heterocycles. The number of nitrogens with two attached hydrogens (primary N) is 1. The minimum atomic E-state index is -3.53. The Hall–Kier alpha value is -1.41. The van der Waals surface area contributed by atoms with Crippen LogP contribution in [-0.4, -0.2) is 36.8 Å². The maximum Gasteiger partial charge on any atom is 0.227 e. The van der Waals surface area contributed by atoms with Crippen LogP contribution < -0.4 is 10.0 Å². The number of hydrogen-bond donors (Lipinski definition) is 2. The number of carbonyl (C=O) groups is 1. The summed E-state index contributed by atoms with van der Waals surface area (Å²) < 4.78 is 21.8. The Morgan fingerprint density at radius 1 is 1.62 bits per heavy atom. The minimum Gasteiger partial charge on any atom is -0.309 e. The third-order valence-corrected chi connectivity index (χ3v) is 3.40. The van der Waals surface area contributed by atoms with E-state index in [-0.39, 0.29) is 24.0 Å². The van der Waals surface area contributed by atoms with Crippen molar-refractivity contribution >= 4 is 21.6 Å². The van der Waals surface area contributed by atoms with Gasteiger partial charge in [-0.15, -0.1) is 0 Å². The summed E-state index contributed by atoms with van der Waals surface area (Å²) in [6.07, 6.45) is 3.33. The standard InChI is InChI=1S/C8H12N4O3S/c9-16(14,15)5-6-1-8(13)12(4-6)7-2-10-11-3-7/h2-3,6H,1,4-5H2,(H,10,11)(H2,9,14,15). The summed E-state index contributed by atoms with van der Waals surface area (Å²) in [7, 11) is -3.53. The largest absolute Gasteiger partial charge is 0.309 e. The van der Waals surface area contributed by atoms with Crippen molar-refractivity contribution in [1.82, 2.24) is 10.2 Å². The number of rotatable bonds is 3. The van der Waals surface area contributed by atoms with Crippen LogP contribution in [0.1, 0.15) is 6.42 Å². The van der Waals surface area contributed by atoms with E-state index in [4.69, 9.17) is 5.14 Å². The van der Waals surface area contributed by atoms with Crippen LogP contribution in [0, 0.1) is 5.92 Å². The number of hydrogen-bond acceptors (Lipinski definition) is 4. The van der Waals surface area contributed by atoms with E-state index in [0.29, 0.717) is 12.2 Å². The molecule has 2 rings (SSSR count). The van der Waals surface area contributed by atoms with Crippen molar-refractivity contribution in [2.24, 2.45) is 11.1 Å². The predicted octanol–water partition coefficient (Wildman–Crippen LogP) is -0.949. The van der Waals surface area contributed by atoms with Crippen LogP contribution in [0.3, 0.4) is 0 Å². The lowest BCUT2D eigenvalue weighted by Crippen LogP contribution is -2.27. The molecule has 1 aromatic rings. The fraction of sp³-hybridized carbons (Fsp3) is 0.500. The van der Waals surface area contributed by atoms with E-state index in [9.17, 15) is 13.2 Å². The van der Waals surface area contributed by atoms with E-state index < -0.39 is 10.0 Å². The summed E-state index contributed by atoms with van der Waals surface area (Å²) in [5.41, 5.74) is 0.655. The highest BCUT2D eigenvalue weighted by Crippen LogP contribution is 2.24. The van der Waals surface area contributed by atoms with E-state index in [0.717, 1.165) is 0 Å². The molecule has 0 saturated carbocycles. The molecule has 0 spiro atoms. The van der Waals surface area contributed by atoms with Gasteiger partial charge in [0.05, 0.1) is 17.6 Å². The zero-order valence-corrected chi connectivity index (χ0v) is 9.27. The Balaban J connectivity index is 2.08. The zero-order chi connectivity index (χ0) is 11.8. The normalized spacial score (nSPS) is 21.7. The quantitative estimate of drug-likeness (QED) is 0.714. The molecule has 1 amide bonds. The first kappa shape index (κ1) is 11.1. The van der Waals surface area contributed by atoms with Crippen molar-refractivity contribution in [2.75, 3.05) is 17.2 Å². The van der Waals surface area contributed by atoms with Gasteiger partial charge in [-0.1, -0.05) is 0 Å². The lowest BCUT2D eigenvalue weighted by molar-refractivity contribution is -0.117. The summed E-state index contributed by atoms with van der Waals surface area (Å²) in [4.78, 5) is 13.1. The first-order valence-electron chi connectivity index (χ1n) is 4.75. The van der Waals surface area contributed by atoms with Crippen LogP contribution in [0.25, 0.3) is 0 Å². The molecule has 1 fully saturated rings. The highest BCUT2D eigenvalue weighted by atomic mass is 32.2. The Morgan fingerprint density at radius 2 is 2.38 bits per heavy atom. The molecule has 2 heterocycles. The zero-order valence-electron chi connectivity index (χ0n) is 8.46. The average Bonchev–Trinajstić information content (AvgIpc) is 2.71. The molecule has 88 valence electrons. The van der Waals surface area contributed by atoms with Crippen molar-refractivity contribution in [2.45, 2.75) is 6.42 Å². The fourth-order valence-corrected chi connectivity index (χ4v) is 2.74. The van der Waals surface area contributed by atoms with Crippen LogP contribution in [0.4, 0.5) is 5.69 Å². The number of amides is 1. The Labute approximate surface area is 92.7 Å². The van der Waals surface area contributed by atoms with Gasteiger partial charge in [0.2, 0.25) is 15.9 Å². The number of sulfonamides is 1. The van der Waals surface area contributed by atoms with Crippen molar-refractivity contribution in [3.63, 3.8) is 0 Å². The second kappa shape index (κ2) is 3.87. The van der Waals surface area contributed by atoms with Gasteiger partial charge in [0.1, 0.15) is 0 Å². The summed E-state index contributed by atoms with van der Waals surface area (Å²) in [5, 5.41) is 11.3. The molecule has 1 aliphatic rings. The molecule has 0 bridgehead atoms. The molecule has 7 nitrogen and oxygen atoms in total. The third kappa shape index (κ3) is 2.39. The van der Waals surface area contributed by atoms with E-state index in [2.05, 4.69) is 10.2 Å². The number of nitrogens with zero attached hydrogens (tertiary/aromatic N) is 2. The van der Waals surface area contributed by atoms with E-state index in [1.165, 1.54) is 11.1 Å². The molecule has 0 aliphatic carbocycles. The molecule has 1 saturated heterocycles. The Bertz CT molecular complexity index is 481. The van der Waals surface area contributed by atoms with Gasteiger partial charge in [-0.2, -0.15) is 5.10 Å². The summed E-state index contributed by atoms with van der Waals surface area (Å²) in [6.45, 7) is 0.370. The van der Waals surface area contributed by atoms with E-state index >= 15 is 0 Å². The van der Waals surface area contributed by atoms with Crippen molar-refractivity contribution in [1.29, 1.82) is 0 Å². The van der Waals surface area contributed by atoms with Gasteiger partial charge in [0.25, 0.3) is 0 Å². The number of anilines is 1. The minimum absolute atomic E-state index is 0.102. The van der Waals surface area contributed by atoms with Crippen LogP contribution in [-0.2, 0) is 14.8 Å². The Kier molecular flexibility index (Phi) is 2.68. The molecule has 0 aromatic carbocycles. The van der Waals surface area contributed by atoms with Gasteiger partial charge < -0.3 is 4.90 Å². The highest BCUT2D eigenvalue weighted by molar-refractivity contribution is 7.89. The SMILES string of the molecule is NS(=O)(=O)CC1CC(=O)N(c2cn[nH]c2)C1. The average molecular weight is 244 g/mol. The molecule has 8 heteroatoms. The molecule has 3 N–H and O–H groups in total. The lowest BCUT2D eigenvalue weighted by Gasteiger charge is -2.13. The van der Waals surface area contributed by atoms with E-state index in [1.807, 2.05) is 0 Å². The fourth-order valence-electron chi connectivity index (χ4n) is 1.86. The van der Waals surface area contributed by atoms with Gasteiger partial charge in [-0.25, -0.2) is 13.6 Å². The number of H-pyrrole nitrogens is 1. The monoisotopic (exact) mass is 244 g/mol. The molecule has 1 unspecified atom stereocenters. The number of aromatic nitrogens is 2. The predicted molar refractivity (Wildman–Crippen MR) is 57.0 cm³/mol. The van der Waals surface area contributed by atoms with Crippen LogP contribution in [0.15, 0.2) is 12.4 Å². The van der Waals surface area contributed by atoms with Gasteiger partial charge in [0.15, 0.2) is 0 Å². The maximum absolute atomic E-state index is 11.6. The molecule has 16 heavy (non-hydrogen) atoms. The van der Waals surface area contributed by atoms with Gasteiger partial charge in [-0.3, -0.25) is 9.89 Å². The highest BCUT2D eigenvalue weighted by Gasteiger charge is 2.33. The second-order valence-corrected chi connectivity index (χ2v) is 5.52. The summed E-state index contributed by atoms with van der Waals surface area (Å²) >= 11 is 0. The van der Waals surface area contributed by atoms with Crippen molar-refractivity contribution < 1.29 is 13.2 Å². The smallest absolute Gasteiger partial charge is 0.227 e. The van der Waals surface area contributed by atoms with E-state index in [1.54, 1.807) is 6.20 Å².